The highest BCUT2D eigenvalue weighted by Gasteiger charge is 2.18. The van der Waals surface area contributed by atoms with Gasteiger partial charge in [-0.05, 0) is 77.8 Å². The molecule has 0 spiro atoms. The monoisotopic (exact) mass is 373 g/mol. The topological polar surface area (TPSA) is 3.24 Å². The van der Waals surface area contributed by atoms with Crippen LogP contribution in [-0.4, -0.2) is 14.1 Å². The summed E-state index contributed by atoms with van der Waals surface area (Å²) in [6, 6.07) is 13.9. The van der Waals surface area contributed by atoms with E-state index in [0.717, 1.165) is 18.8 Å². The lowest BCUT2D eigenvalue weighted by Crippen LogP contribution is -2.13. The van der Waals surface area contributed by atoms with Gasteiger partial charge < -0.3 is 4.90 Å². The number of fused-ring (bicyclic) bond motifs is 1. The van der Waals surface area contributed by atoms with Crippen molar-refractivity contribution >= 4 is 5.69 Å². The molecule has 1 nitrogen and oxygen atoms in total. The van der Waals surface area contributed by atoms with E-state index in [-0.39, 0.29) is 5.92 Å². The molecule has 2 unspecified atom stereocenters. The van der Waals surface area contributed by atoms with Crippen molar-refractivity contribution in [2.75, 3.05) is 19.0 Å². The van der Waals surface area contributed by atoms with Gasteiger partial charge in [0.15, 0.2) is 0 Å². The van der Waals surface area contributed by atoms with E-state index >= 15 is 0 Å². The molecule has 1 heteroatoms. The number of rotatable bonds is 8. The van der Waals surface area contributed by atoms with Crippen molar-refractivity contribution in [3.05, 3.63) is 64.2 Å². The van der Waals surface area contributed by atoms with Gasteiger partial charge in [0, 0.05) is 25.7 Å². The van der Waals surface area contributed by atoms with Gasteiger partial charge in [-0.1, -0.05) is 57.0 Å². The van der Waals surface area contributed by atoms with Gasteiger partial charge in [-0.2, -0.15) is 0 Å². The van der Waals surface area contributed by atoms with Crippen molar-refractivity contribution in [2.24, 2.45) is 11.8 Å². The lowest BCUT2D eigenvalue weighted by atomic mass is 9.84. The summed E-state index contributed by atoms with van der Waals surface area (Å²) >= 11 is 0. The van der Waals surface area contributed by atoms with Gasteiger partial charge >= 0.3 is 0 Å². The van der Waals surface area contributed by atoms with Crippen LogP contribution in [0.2, 0.25) is 0 Å². The lowest BCUT2D eigenvalue weighted by Gasteiger charge is -2.23. The minimum absolute atomic E-state index is 0.195. The molecule has 1 aliphatic carbocycles. The summed E-state index contributed by atoms with van der Waals surface area (Å²) in [6.07, 6.45) is 11.7. The Bertz CT molecular complexity index is 853. The Morgan fingerprint density at radius 2 is 1.71 bits per heavy atom. The minimum Gasteiger partial charge on any atom is -0.377 e. The summed E-state index contributed by atoms with van der Waals surface area (Å²) in [7, 11) is 4.25. The molecule has 2 aromatic carbocycles. The first-order chi connectivity index (χ1) is 13.4. The second-order valence-electron chi connectivity index (χ2n) is 9.25. The van der Waals surface area contributed by atoms with E-state index in [0.29, 0.717) is 5.92 Å². The van der Waals surface area contributed by atoms with Crippen LogP contribution in [0.25, 0.3) is 0 Å². The molecule has 0 N–H and O–H groups in total. The molecule has 0 radical (unpaired) electrons. The normalized spacial score (nSPS) is 14.8. The Balaban J connectivity index is 1.85. The maximum Gasteiger partial charge on any atom is 0.0452 e. The molecule has 0 bridgehead atoms. The van der Waals surface area contributed by atoms with Crippen molar-refractivity contribution in [1.29, 1.82) is 0 Å². The molecule has 2 aromatic rings. The summed E-state index contributed by atoms with van der Waals surface area (Å²) in [5.41, 5.74) is 8.42. The fraction of sp³-hybridized carbons (Fsp3) is 0.481. The van der Waals surface area contributed by atoms with Gasteiger partial charge in [-0.15, -0.1) is 6.42 Å². The Morgan fingerprint density at radius 1 is 0.964 bits per heavy atom. The Hall–Kier alpha value is -2.20. The molecule has 0 fully saturated rings. The highest BCUT2D eigenvalue weighted by Crippen LogP contribution is 2.32. The fourth-order valence-electron chi connectivity index (χ4n) is 4.58. The zero-order valence-electron chi connectivity index (χ0n) is 18.3. The van der Waals surface area contributed by atoms with E-state index in [1.165, 1.54) is 52.8 Å². The summed E-state index contributed by atoms with van der Waals surface area (Å²) in [4.78, 5) is 2.21. The number of hydrogen-bond acceptors (Lipinski definition) is 1. The molecule has 2 atom stereocenters. The van der Waals surface area contributed by atoms with E-state index in [2.05, 4.69) is 82.1 Å². The van der Waals surface area contributed by atoms with Crippen LogP contribution in [0.1, 0.15) is 67.3 Å². The maximum atomic E-state index is 5.97. The van der Waals surface area contributed by atoms with Crippen LogP contribution in [-0.2, 0) is 19.3 Å². The second kappa shape index (κ2) is 8.87. The smallest absolute Gasteiger partial charge is 0.0452 e. The van der Waals surface area contributed by atoms with Crippen molar-refractivity contribution in [1.82, 2.24) is 0 Å². The van der Waals surface area contributed by atoms with Gasteiger partial charge in [0.2, 0.25) is 0 Å². The van der Waals surface area contributed by atoms with Crippen LogP contribution >= 0.6 is 0 Å². The molecule has 0 heterocycles. The van der Waals surface area contributed by atoms with Crippen LogP contribution in [0.5, 0.6) is 0 Å². The molecule has 3 rings (SSSR count). The van der Waals surface area contributed by atoms with E-state index in [1.807, 2.05) is 0 Å². The molecule has 28 heavy (non-hydrogen) atoms. The Labute approximate surface area is 172 Å². The second-order valence-corrected chi connectivity index (χ2v) is 9.25. The number of hydrogen-bond donors (Lipinski definition) is 0. The fourth-order valence-corrected chi connectivity index (χ4v) is 4.58. The quantitative estimate of drug-likeness (QED) is 0.496. The summed E-state index contributed by atoms with van der Waals surface area (Å²) in [5.74, 6) is 4.63. The minimum atomic E-state index is 0.195. The lowest BCUT2D eigenvalue weighted by molar-refractivity contribution is 0.405. The molecular weight excluding hydrogens is 338 g/mol. The van der Waals surface area contributed by atoms with Gasteiger partial charge in [0.1, 0.15) is 0 Å². The average Bonchev–Trinajstić information content (AvgIpc) is 2.61. The third kappa shape index (κ3) is 4.79. The summed E-state index contributed by atoms with van der Waals surface area (Å²) in [5, 5.41) is 0. The molecule has 1 aliphatic rings. The van der Waals surface area contributed by atoms with Crippen LogP contribution in [0.15, 0.2) is 36.4 Å². The predicted molar refractivity (Wildman–Crippen MR) is 122 cm³/mol. The molecule has 0 saturated heterocycles. The van der Waals surface area contributed by atoms with Crippen molar-refractivity contribution in [3.8, 4) is 12.3 Å². The SMILES string of the molecule is C#CC(CC(C)CC(C)C)c1ccc(N(C)C)c(Cc2ccc3c(c2)CC3)c1. The molecule has 0 aliphatic heterocycles. The van der Waals surface area contributed by atoms with Crippen LogP contribution in [0, 0.1) is 24.2 Å². The third-order valence-electron chi connectivity index (χ3n) is 6.03. The van der Waals surface area contributed by atoms with E-state index < -0.39 is 0 Å². The number of benzene rings is 2. The number of nitrogens with zero attached hydrogens (tertiary/aromatic N) is 1. The zero-order chi connectivity index (χ0) is 20.3. The molecule has 0 amide bonds. The van der Waals surface area contributed by atoms with E-state index in [9.17, 15) is 0 Å². The van der Waals surface area contributed by atoms with Crippen LogP contribution in [0.3, 0.4) is 0 Å². The highest BCUT2D eigenvalue weighted by atomic mass is 15.1. The molecular formula is C27H35N. The first kappa shape index (κ1) is 20.5. The first-order valence-corrected chi connectivity index (χ1v) is 10.7. The Morgan fingerprint density at radius 3 is 2.29 bits per heavy atom. The standard InChI is InChI=1S/C27H35N/c1-7-22(15-20(4)14-19(2)3)25-12-13-27(28(5)6)26(18-25)17-21-8-9-23-10-11-24(23)16-21/h1,8-9,12-13,16,18-20,22H,10-11,14-15,17H2,2-6H3. The average molecular weight is 374 g/mol. The molecule has 0 saturated carbocycles. The molecule has 148 valence electrons. The predicted octanol–water partition coefficient (Wildman–Crippen LogP) is 6.23. The first-order valence-electron chi connectivity index (χ1n) is 10.7. The number of aryl methyl sites for hydroxylation is 2. The van der Waals surface area contributed by atoms with Crippen LogP contribution in [0.4, 0.5) is 5.69 Å². The maximum absolute atomic E-state index is 5.97. The van der Waals surface area contributed by atoms with Gasteiger partial charge in [0.25, 0.3) is 0 Å². The third-order valence-corrected chi connectivity index (χ3v) is 6.03. The van der Waals surface area contributed by atoms with Crippen molar-refractivity contribution < 1.29 is 0 Å². The van der Waals surface area contributed by atoms with E-state index in [4.69, 9.17) is 6.42 Å². The number of terminal acetylenes is 1. The zero-order valence-corrected chi connectivity index (χ0v) is 18.3. The Kier molecular flexibility index (Phi) is 6.50. The molecule has 0 aromatic heterocycles. The van der Waals surface area contributed by atoms with Crippen molar-refractivity contribution in [2.45, 2.75) is 58.8 Å². The number of anilines is 1. The van der Waals surface area contributed by atoms with E-state index in [1.54, 1.807) is 0 Å². The van der Waals surface area contributed by atoms with Gasteiger partial charge in [0.05, 0.1) is 0 Å². The van der Waals surface area contributed by atoms with Gasteiger partial charge in [-0.3, -0.25) is 0 Å². The van der Waals surface area contributed by atoms with Crippen LogP contribution < -0.4 is 4.90 Å². The van der Waals surface area contributed by atoms with Gasteiger partial charge in [-0.25, -0.2) is 0 Å². The van der Waals surface area contributed by atoms with Crippen molar-refractivity contribution in [3.63, 3.8) is 0 Å². The highest BCUT2D eigenvalue weighted by molar-refractivity contribution is 5.57. The summed E-state index contributed by atoms with van der Waals surface area (Å²) in [6.45, 7) is 6.92. The summed E-state index contributed by atoms with van der Waals surface area (Å²) < 4.78 is 0. The largest absolute Gasteiger partial charge is 0.377 e.